The molecule has 0 saturated carbocycles. The van der Waals surface area contributed by atoms with Crippen molar-refractivity contribution in [3.8, 4) is 0 Å². The number of carbonyl (C=O) groups is 1. The smallest absolute Gasteiger partial charge is 0.171 e. The fourth-order valence-electron chi connectivity index (χ4n) is 9.11. The van der Waals surface area contributed by atoms with Gasteiger partial charge in [0.2, 0.25) is 0 Å². The van der Waals surface area contributed by atoms with E-state index in [1.54, 1.807) is 0 Å². The summed E-state index contributed by atoms with van der Waals surface area (Å²) in [7, 11) is 0. The summed E-state index contributed by atoms with van der Waals surface area (Å²) >= 11 is 0. The second kappa shape index (κ2) is 18.5. The Morgan fingerprint density at radius 2 is 1.45 bits per heavy atom. The van der Waals surface area contributed by atoms with Crippen molar-refractivity contribution in [3.63, 3.8) is 0 Å². The molecule has 4 aliphatic rings. The Balaban J connectivity index is 1.10. The van der Waals surface area contributed by atoms with Crippen LogP contribution in [-0.4, -0.2) is 78.7 Å². The number of ether oxygens (including phenoxy) is 7. The van der Waals surface area contributed by atoms with Gasteiger partial charge in [-0.3, -0.25) is 4.79 Å². The summed E-state index contributed by atoms with van der Waals surface area (Å²) in [6, 6.07) is 30.2. The molecule has 0 unspecified atom stereocenters. The molecule has 0 amide bonds. The Kier molecular flexibility index (Phi) is 13.5. The number of hydrogen-bond acceptors (Lipinski definition) is 9. The second-order valence-corrected chi connectivity index (χ2v) is 16.5. The van der Waals surface area contributed by atoms with Crippen molar-refractivity contribution in [1.29, 1.82) is 0 Å². The topological polar surface area (TPSA) is 102 Å². The zero-order valence-electron chi connectivity index (χ0n) is 32.9. The van der Waals surface area contributed by atoms with E-state index in [0.29, 0.717) is 39.5 Å². The summed E-state index contributed by atoms with van der Waals surface area (Å²) in [6.45, 7) is 10.5. The van der Waals surface area contributed by atoms with Gasteiger partial charge in [-0.05, 0) is 47.8 Å². The van der Waals surface area contributed by atoms with Gasteiger partial charge in [0.15, 0.2) is 11.6 Å². The highest BCUT2D eigenvalue weighted by atomic mass is 16.7. The van der Waals surface area contributed by atoms with E-state index in [-0.39, 0.29) is 42.2 Å². The fourth-order valence-corrected chi connectivity index (χ4v) is 9.11. The fraction of sp³-hybridized carbons (Fsp3) is 0.587. The zero-order valence-corrected chi connectivity index (χ0v) is 32.9. The minimum atomic E-state index is -0.811. The van der Waals surface area contributed by atoms with Crippen molar-refractivity contribution in [3.05, 3.63) is 108 Å². The van der Waals surface area contributed by atoms with Gasteiger partial charge in [-0.25, -0.2) is 0 Å². The molecule has 1 spiro atoms. The van der Waals surface area contributed by atoms with Gasteiger partial charge in [0.05, 0.1) is 63.6 Å². The quantitative estimate of drug-likeness (QED) is 0.191. The molecule has 1 N–H and O–H groups in total. The number of aliphatic hydroxyl groups excluding tert-OH is 1. The Labute approximate surface area is 326 Å². The molecular weight excluding hydrogens is 696 g/mol. The second-order valence-electron chi connectivity index (χ2n) is 16.5. The van der Waals surface area contributed by atoms with Crippen molar-refractivity contribution in [2.24, 2.45) is 23.7 Å². The van der Waals surface area contributed by atoms with Gasteiger partial charge in [0.25, 0.3) is 0 Å². The monoisotopic (exact) mass is 756 g/mol. The number of carbonyl (C=O) groups excluding carboxylic acids is 1. The molecule has 3 aromatic rings. The van der Waals surface area contributed by atoms with Crippen LogP contribution in [-0.2, 0) is 57.8 Å². The third-order valence-electron chi connectivity index (χ3n) is 12.5. The molecule has 298 valence electrons. The molecule has 4 fully saturated rings. The van der Waals surface area contributed by atoms with Crippen molar-refractivity contribution in [2.45, 2.75) is 134 Å². The number of Topliss-reactive ketones (excluding diaryl/α,β-unsaturated/α-hetero) is 1. The van der Waals surface area contributed by atoms with Gasteiger partial charge >= 0.3 is 0 Å². The van der Waals surface area contributed by atoms with Crippen LogP contribution in [0.3, 0.4) is 0 Å². The molecule has 0 aliphatic carbocycles. The molecule has 55 heavy (non-hydrogen) atoms. The standard InChI is InChI=1S/C46H60O9/c1-30-23-38(50-27-35-17-10-6-11-18-35)41(29-49-26-34-15-8-5-9-16-34)53-40-25-37(47)43(54-39(40)24-30)32(3)44(51-28-36-19-12-7-13-20-36)45-42(48)31(2)33(4)46(55-45)21-14-22-52-46/h5-13,15-20,30-33,38-45,48H,14,21-29H2,1-4H3/t30-,31-,32+,33-,38+,39-,40+,41-,42+,43+,44-,45+,46+/m0/s1. The molecule has 13 atom stereocenters. The lowest BCUT2D eigenvalue weighted by molar-refractivity contribution is -0.340. The van der Waals surface area contributed by atoms with Crippen LogP contribution in [0.2, 0.25) is 0 Å². The number of hydrogen-bond donors (Lipinski definition) is 1. The first-order chi connectivity index (χ1) is 26.7. The molecule has 9 heteroatoms. The lowest BCUT2D eigenvalue weighted by Crippen LogP contribution is -2.63. The predicted molar refractivity (Wildman–Crippen MR) is 208 cm³/mol. The van der Waals surface area contributed by atoms with E-state index in [9.17, 15) is 9.90 Å². The van der Waals surface area contributed by atoms with Crippen LogP contribution in [0.4, 0.5) is 0 Å². The summed E-state index contributed by atoms with van der Waals surface area (Å²) in [6.07, 6.45) is -0.993. The first kappa shape index (κ1) is 40.2. The van der Waals surface area contributed by atoms with Gasteiger partial charge in [-0.2, -0.15) is 0 Å². The molecule has 3 aromatic carbocycles. The number of fused-ring (bicyclic) bond motifs is 1. The van der Waals surface area contributed by atoms with Gasteiger partial charge < -0.3 is 38.3 Å². The lowest BCUT2D eigenvalue weighted by Gasteiger charge is -2.52. The first-order valence-electron chi connectivity index (χ1n) is 20.5. The van der Waals surface area contributed by atoms with Gasteiger partial charge in [-0.1, -0.05) is 119 Å². The largest absolute Gasteiger partial charge is 0.390 e. The average Bonchev–Trinajstić information content (AvgIpc) is 3.68. The van der Waals surface area contributed by atoms with Crippen LogP contribution < -0.4 is 0 Å². The Morgan fingerprint density at radius 3 is 2.09 bits per heavy atom. The van der Waals surface area contributed by atoms with Crippen LogP contribution in [0.25, 0.3) is 0 Å². The molecule has 0 radical (unpaired) electrons. The third-order valence-corrected chi connectivity index (χ3v) is 12.5. The maximum Gasteiger partial charge on any atom is 0.171 e. The van der Waals surface area contributed by atoms with Crippen LogP contribution in [0.5, 0.6) is 0 Å². The highest BCUT2D eigenvalue weighted by molar-refractivity contribution is 5.84. The van der Waals surface area contributed by atoms with Crippen LogP contribution in [0.1, 0.15) is 76.5 Å². The van der Waals surface area contributed by atoms with Crippen LogP contribution in [0, 0.1) is 23.7 Å². The summed E-state index contributed by atoms with van der Waals surface area (Å²) in [4.78, 5) is 14.3. The third kappa shape index (κ3) is 9.59. The highest BCUT2D eigenvalue weighted by Gasteiger charge is 2.57. The van der Waals surface area contributed by atoms with Gasteiger partial charge in [0, 0.05) is 24.7 Å². The molecule has 7 rings (SSSR count). The van der Waals surface area contributed by atoms with Crippen LogP contribution in [0.15, 0.2) is 91.0 Å². The molecule has 0 aromatic heterocycles. The minimum Gasteiger partial charge on any atom is -0.390 e. The van der Waals surface area contributed by atoms with Crippen molar-refractivity contribution in [2.75, 3.05) is 13.2 Å². The number of ketones is 1. The van der Waals surface area contributed by atoms with Crippen molar-refractivity contribution >= 4 is 5.78 Å². The normalized spacial score (nSPS) is 35.1. The Hall–Kier alpha value is -2.99. The van der Waals surface area contributed by atoms with Crippen LogP contribution >= 0.6 is 0 Å². The molecule has 0 bridgehead atoms. The van der Waals surface area contributed by atoms with Crippen molar-refractivity contribution < 1.29 is 43.1 Å². The summed E-state index contributed by atoms with van der Waals surface area (Å²) < 4.78 is 46.4. The summed E-state index contributed by atoms with van der Waals surface area (Å²) in [5.41, 5.74) is 3.18. The molecule has 4 aliphatic heterocycles. The van der Waals surface area contributed by atoms with E-state index in [0.717, 1.165) is 36.0 Å². The molecule has 9 nitrogen and oxygen atoms in total. The average molecular weight is 757 g/mol. The number of rotatable bonds is 13. The maximum atomic E-state index is 14.3. The van der Waals surface area contributed by atoms with Crippen molar-refractivity contribution in [1.82, 2.24) is 0 Å². The number of benzene rings is 3. The first-order valence-corrected chi connectivity index (χ1v) is 20.5. The van der Waals surface area contributed by atoms with E-state index >= 15 is 0 Å². The molecule has 4 heterocycles. The minimum absolute atomic E-state index is 0.00155. The Morgan fingerprint density at radius 1 is 0.818 bits per heavy atom. The molecule has 4 saturated heterocycles. The maximum absolute atomic E-state index is 14.3. The Bertz CT molecular complexity index is 1620. The van der Waals surface area contributed by atoms with E-state index in [2.05, 4.69) is 32.9 Å². The highest BCUT2D eigenvalue weighted by Crippen LogP contribution is 2.47. The summed E-state index contributed by atoms with van der Waals surface area (Å²) in [5, 5.41) is 11.8. The van der Waals surface area contributed by atoms with E-state index in [1.165, 1.54) is 0 Å². The predicted octanol–water partition coefficient (Wildman–Crippen LogP) is 7.46. The van der Waals surface area contributed by atoms with E-state index < -0.39 is 48.3 Å². The van der Waals surface area contributed by atoms with E-state index in [4.69, 9.17) is 33.2 Å². The SMILES string of the molecule is C[C@@H]1C[C@@H]2O[C@H]([C@@H](C)[C@H](OCc3ccccc3)[C@@H]3O[C@]4(CCCO4)[C@@H](C)[C@H](C)[C@H]3O)C(=O)C[C@H]2O[C@@H](COCc2ccccc2)[C@H](OCc2ccccc2)C1. The lowest BCUT2D eigenvalue weighted by atomic mass is 9.75. The van der Waals surface area contributed by atoms with Gasteiger partial charge in [0.1, 0.15) is 18.3 Å². The number of aliphatic hydroxyl groups is 1. The molecular formula is C46H60O9. The zero-order chi connectivity index (χ0) is 38.4. The van der Waals surface area contributed by atoms with E-state index in [1.807, 2.05) is 85.8 Å². The van der Waals surface area contributed by atoms with Gasteiger partial charge in [-0.15, -0.1) is 0 Å². The summed E-state index contributed by atoms with van der Waals surface area (Å²) in [5.74, 6) is -1.13.